The molecule has 14 nitrogen and oxygen atoms in total. The number of rotatable bonds is 0. The first-order valence-corrected chi connectivity index (χ1v) is 43.0. The summed E-state index contributed by atoms with van der Waals surface area (Å²) < 4.78 is 13.4. The average molecular weight is 1620 g/mol. The fraction of sp³-hybridized carbons (Fsp3) is 0.317. The van der Waals surface area contributed by atoms with Crippen LogP contribution < -0.4 is 4.90 Å². The molecule has 117 heavy (non-hydrogen) atoms. The smallest absolute Gasteiger partial charge is 0.261 e. The molecule has 0 unspecified atom stereocenters. The number of thiophene rings is 2. The molecule has 4 aromatic heterocycles. The number of anilines is 1. The van der Waals surface area contributed by atoms with Gasteiger partial charge in [0, 0.05) is 95.8 Å². The Kier molecular flexibility index (Phi) is 51.1. The van der Waals surface area contributed by atoms with E-state index in [4.69, 9.17) is 8.83 Å². The van der Waals surface area contributed by atoms with Crippen molar-refractivity contribution in [1.82, 2.24) is 19.6 Å². The lowest BCUT2D eigenvalue weighted by molar-refractivity contribution is -0.127. The average Bonchev–Trinajstić information content (AvgIpc) is 1.74. The van der Waals surface area contributed by atoms with Crippen LogP contribution in [-0.2, 0) is 35.4 Å². The van der Waals surface area contributed by atoms with Crippen molar-refractivity contribution < 1.29 is 42.4 Å². The molecule has 0 radical (unpaired) electrons. The van der Waals surface area contributed by atoms with Crippen LogP contribution in [0.4, 0.5) is 5.69 Å². The van der Waals surface area contributed by atoms with Crippen molar-refractivity contribution in [2.45, 2.75) is 178 Å². The van der Waals surface area contributed by atoms with Gasteiger partial charge in [0.15, 0.2) is 0 Å². The Labute approximate surface area is 708 Å². The second-order valence-electron chi connectivity index (χ2n) is 24.1. The number of carbonyl (C=O) groups excluding carboxylic acids is 7. The van der Waals surface area contributed by atoms with Crippen LogP contribution in [-0.4, -0.2) is 103 Å². The number of para-hydroxylation sites is 3. The van der Waals surface area contributed by atoms with Gasteiger partial charge in [0.25, 0.3) is 29.5 Å². The summed E-state index contributed by atoms with van der Waals surface area (Å²) in [7, 11) is 8.49. The summed E-state index contributed by atoms with van der Waals surface area (Å²) in [6.45, 7) is 45.9. The minimum atomic E-state index is -0.212. The van der Waals surface area contributed by atoms with Crippen LogP contribution in [0.2, 0.25) is 0 Å². The quantitative estimate of drug-likeness (QED) is 0.135. The molecule has 9 heterocycles. The zero-order valence-electron chi connectivity index (χ0n) is 74.9. The van der Waals surface area contributed by atoms with E-state index in [1.807, 2.05) is 316 Å². The Balaban J connectivity index is 0.000000642. The number of carbonyl (C=O) groups is 7. The third-order valence-corrected chi connectivity index (χ3v) is 19.2. The summed E-state index contributed by atoms with van der Waals surface area (Å²) in [6, 6.07) is 74.8. The molecule has 0 saturated carbocycles. The van der Waals surface area contributed by atoms with Gasteiger partial charge in [0.05, 0.1) is 30.2 Å². The molecule has 16 heteroatoms. The predicted molar refractivity (Wildman–Crippen MR) is 500 cm³/mol. The van der Waals surface area contributed by atoms with Crippen molar-refractivity contribution in [2.75, 3.05) is 46.7 Å². The van der Waals surface area contributed by atoms with Gasteiger partial charge in [0.1, 0.15) is 16.9 Å². The van der Waals surface area contributed by atoms with Gasteiger partial charge in [-0.1, -0.05) is 282 Å². The van der Waals surface area contributed by atoms with E-state index in [0.29, 0.717) is 29.5 Å². The van der Waals surface area contributed by atoms with E-state index in [2.05, 4.69) is 79.9 Å². The number of nitrogens with zero attached hydrogens (tertiary/aromatic N) is 5. The largest absolute Gasteiger partial charge is 0.464 e. The van der Waals surface area contributed by atoms with E-state index in [1.165, 1.54) is 71.5 Å². The van der Waals surface area contributed by atoms with Crippen molar-refractivity contribution in [2.24, 2.45) is 0 Å². The molecule has 0 N–H and O–H groups in total. The van der Waals surface area contributed by atoms with E-state index >= 15 is 0 Å². The summed E-state index contributed by atoms with van der Waals surface area (Å²) in [5.41, 5.74) is 13.3. The van der Waals surface area contributed by atoms with Crippen molar-refractivity contribution >= 4 is 112 Å². The maximum absolute atomic E-state index is 11.5. The van der Waals surface area contributed by atoms with Crippen molar-refractivity contribution in [1.29, 1.82) is 0 Å². The maximum atomic E-state index is 11.5. The zero-order chi connectivity index (χ0) is 88.3. The Morgan fingerprint density at radius 1 is 0.333 bits per heavy atom. The van der Waals surface area contributed by atoms with Gasteiger partial charge in [0.2, 0.25) is 11.8 Å². The van der Waals surface area contributed by atoms with Gasteiger partial charge in [-0.05, 0) is 156 Å². The van der Waals surface area contributed by atoms with Crippen molar-refractivity contribution in [3.05, 3.63) is 314 Å². The highest BCUT2D eigenvalue weighted by Gasteiger charge is 2.32. The number of hydrogen-bond acceptors (Lipinski definition) is 11. The van der Waals surface area contributed by atoms with Gasteiger partial charge in [-0.15, -0.1) is 22.7 Å². The summed E-state index contributed by atoms with van der Waals surface area (Å²) in [5, 5.41) is 7.35. The number of benzene rings is 9. The van der Waals surface area contributed by atoms with E-state index in [0.717, 1.165) is 74.8 Å². The highest BCUT2D eigenvalue weighted by atomic mass is 32.1. The number of likely N-dealkylation sites (N-methyl/N-ethyl adjacent to an activating group) is 3. The molecule has 0 bridgehead atoms. The van der Waals surface area contributed by atoms with Gasteiger partial charge in [-0.25, -0.2) is 0 Å². The van der Waals surface area contributed by atoms with Gasteiger partial charge in [-0.2, -0.15) is 0 Å². The molecule has 0 atom stereocenters. The van der Waals surface area contributed by atoms with Crippen LogP contribution in [0, 0.1) is 27.7 Å². The van der Waals surface area contributed by atoms with Crippen LogP contribution in [0.25, 0.3) is 42.1 Å². The number of amides is 7. The lowest BCUT2D eigenvalue weighted by atomic mass is 9.99. The second kappa shape index (κ2) is 57.7. The molecule has 0 spiro atoms. The molecule has 0 fully saturated rings. The fourth-order valence-corrected chi connectivity index (χ4v) is 13.4. The van der Waals surface area contributed by atoms with Crippen LogP contribution in [0.15, 0.2) is 251 Å². The molecular formula is C101H131N5O9S2. The number of fused-ring (bicyclic) bond motifs is 9. The van der Waals surface area contributed by atoms with Gasteiger partial charge in [-0.3, -0.25) is 43.4 Å². The maximum Gasteiger partial charge on any atom is 0.261 e. The number of imide groups is 2. The first-order chi connectivity index (χ1) is 56.8. The Bertz CT molecular complexity index is 4820. The minimum absolute atomic E-state index is 0.135. The zero-order valence-corrected chi connectivity index (χ0v) is 76.5. The molecule has 626 valence electrons. The summed E-state index contributed by atoms with van der Waals surface area (Å²) in [5.74, 6) is 0.687. The highest BCUT2D eigenvalue weighted by molar-refractivity contribution is 7.19. The lowest BCUT2D eigenvalue weighted by Crippen LogP contribution is -2.39. The molecule has 5 aliphatic rings. The van der Waals surface area contributed by atoms with E-state index in [-0.39, 0.29) is 41.4 Å². The first-order valence-electron chi connectivity index (χ1n) is 41.3. The van der Waals surface area contributed by atoms with Crippen molar-refractivity contribution in [3.63, 3.8) is 0 Å². The Morgan fingerprint density at radius 3 is 1.26 bits per heavy atom. The lowest BCUT2D eigenvalue weighted by Gasteiger charge is -2.24. The molecule has 13 aromatic rings. The predicted octanol–water partition coefficient (Wildman–Crippen LogP) is 26.7. The molecule has 7 amide bonds. The number of aryl methyl sites for hydroxylation is 4. The second-order valence-corrected chi connectivity index (χ2v) is 26.3. The summed E-state index contributed by atoms with van der Waals surface area (Å²) in [4.78, 5) is 88.3. The summed E-state index contributed by atoms with van der Waals surface area (Å²) in [6.07, 6.45) is 3.66. The Morgan fingerprint density at radius 2 is 0.735 bits per heavy atom. The van der Waals surface area contributed by atoms with Crippen LogP contribution in [0.1, 0.15) is 220 Å². The molecule has 5 aliphatic heterocycles. The highest BCUT2D eigenvalue weighted by Crippen LogP contribution is 2.29. The molecule has 18 rings (SSSR count). The van der Waals surface area contributed by atoms with Crippen LogP contribution >= 0.6 is 22.7 Å². The fourth-order valence-electron chi connectivity index (χ4n) is 11.6. The van der Waals surface area contributed by atoms with Gasteiger partial charge < -0.3 is 23.5 Å². The molecule has 9 aromatic carbocycles. The van der Waals surface area contributed by atoms with Crippen molar-refractivity contribution in [3.8, 4) is 0 Å². The third-order valence-electron chi connectivity index (χ3n) is 17.1. The standard InChI is InChI=1S/C10H9NO2.C10H11NO.C9H7NO2.2C9H9NO.2C9H8O.2C9H8S.9C2H6/c1-11-9(12)6-7-4-2-3-5-8(7)10(11)13;1-11-7-6-8-4-2-3-5-9(8)10(11)12;1-10-8(11)6-4-2-3-5-7(6)9(10)12;1-10-6-7-4-2-3-5-8(7)9(10)11;1-10-8-5-3-2-4-7(8)6-9(10)11;1-7-6-10-9-5-3-2-4-8(7)9;1-7-6-8-4-2-3-5-9(8)10-7;1-7-6-10-9-5-3-2-4-8(7)9;1-7-6-8-4-2-3-5-9(8)10-7;9*1-2/h2-5H,6H2,1H3;2-5H,6-7H2,1H3;2-5H,1H3;2*2-5H,6H2,1H3;4*2-6H,1H3;9*1-2H3. The third kappa shape index (κ3) is 30.3. The monoisotopic (exact) mass is 1620 g/mol. The molecule has 0 saturated heterocycles. The van der Waals surface area contributed by atoms with E-state index in [9.17, 15) is 33.6 Å². The van der Waals surface area contributed by atoms with Gasteiger partial charge >= 0.3 is 0 Å². The van der Waals surface area contributed by atoms with E-state index in [1.54, 1.807) is 57.4 Å². The molecule has 0 aliphatic carbocycles. The normalized spacial score (nSPS) is 11.9. The number of furan rings is 2. The van der Waals surface area contributed by atoms with E-state index < -0.39 is 0 Å². The number of hydrogen-bond donors (Lipinski definition) is 0. The Hall–Kier alpha value is -11.3. The van der Waals surface area contributed by atoms with Crippen LogP contribution in [0.3, 0.4) is 0 Å². The van der Waals surface area contributed by atoms with Crippen LogP contribution in [0.5, 0.6) is 0 Å². The first kappa shape index (κ1) is 104. The topological polar surface area (TPSA) is 162 Å². The molecular weight excluding hydrogens is 1490 g/mol. The summed E-state index contributed by atoms with van der Waals surface area (Å²) >= 11 is 3.67. The SMILES string of the molecule is CC.CC.CC.CC.CC.CC.CC.CC.CC.CN1C(=O)Cc2ccccc21.CN1C(=O)Cc2ccccc2C1=O.CN1C(=O)c2ccccc2C1=O.CN1CCc2ccccc2C1=O.CN1Cc2ccccc2C1=O.Cc1cc2ccccc2o1.Cc1cc2ccccc2s1.Cc1coc2ccccc12.Cc1csc2ccccc12. The minimum Gasteiger partial charge on any atom is -0.464 e.